The lowest BCUT2D eigenvalue weighted by atomic mass is 10.2. The average molecular weight is 485 g/mol. The van der Waals surface area contributed by atoms with Crippen LogP contribution >= 0.6 is 0 Å². The molecule has 4 aromatic rings. The third kappa shape index (κ3) is 5.81. The number of nitrogens with zero attached hydrogens (tertiary/aromatic N) is 4. The fourth-order valence-electron chi connectivity index (χ4n) is 4.00. The number of carbonyl (C=O) groups excluding carboxylic acids is 1. The summed E-state index contributed by atoms with van der Waals surface area (Å²) in [5.41, 5.74) is 7.15. The van der Waals surface area contributed by atoms with Crippen molar-refractivity contribution in [3.05, 3.63) is 84.4 Å². The maximum Gasteiger partial charge on any atom is 0.281 e. The van der Waals surface area contributed by atoms with E-state index in [2.05, 4.69) is 20.3 Å². The number of nitrogens with one attached hydrogen (secondary N) is 1. The molecule has 0 radical (unpaired) electrons. The largest absolute Gasteiger partial charge is 0.492 e. The van der Waals surface area contributed by atoms with Crippen LogP contribution in [0, 0.1) is 0 Å². The Bertz CT molecular complexity index is 1280. The second-order valence-electron chi connectivity index (χ2n) is 8.50. The predicted molar refractivity (Wildman–Crippen MR) is 138 cm³/mol. The molecule has 9 heteroatoms. The van der Waals surface area contributed by atoms with Crippen molar-refractivity contribution in [3.63, 3.8) is 0 Å². The summed E-state index contributed by atoms with van der Waals surface area (Å²) in [5, 5.41) is 7.32. The van der Waals surface area contributed by atoms with Gasteiger partial charge in [-0.1, -0.05) is 18.2 Å². The fraction of sp³-hybridized carbons (Fsp3) is 0.222. The molecule has 0 unspecified atom stereocenters. The van der Waals surface area contributed by atoms with E-state index >= 15 is 0 Å². The van der Waals surface area contributed by atoms with Crippen LogP contribution in [-0.4, -0.2) is 51.8 Å². The predicted octanol–water partition coefficient (Wildman–Crippen LogP) is 4.56. The summed E-state index contributed by atoms with van der Waals surface area (Å²) in [4.78, 5) is 19.5. The van der Waals surface area contributed by atoms with Crippen molar-refractivity contribution in [1.29, 1.82) is 0 Å². The van der Waals surface area contributed by atoms with Gasteiger partial charge in [0.1, 0.15) is 23.9 Å². The Labute approximate surface area is 209 Å². The standard InChI is InChI=1S/C27H28N6O3/c28-26-30-27(29-21-10-14-22(15-11-21)35-19-18-32-16-4-5-17-32)31-33(26)25(34)20-8-12-24(13-9-20)36-23-6-2-1-3-7-23/h1-3,6-15H,4-5,16-19H2,(H3,28,29,30,31). The second kappa shape index (κ2) is 10.9. The number of nitrogens with two attached hydrogens (primary N) is 1. The lowest BCUT2D eigenvalue weighted by Gasteiger charge is -2.15. The highest BCUT2D eigenvalue weighted by Gasteiger charge is 2.16. The normalized spacial score (nSPS) is 13.4. The van der Waals surface area contributed by atoms with E-state index in [0.29, 0.717) is 17.9 Å². The van der Waals surface area contributed by atoms with Crippen LogP contribution in [0.4, 0.5) is 17.6 Å². The first-order chi connectivity index (χ1) is 17.6. The average Bonchev–Trinajstić information content (AvgIpc) is 3.55. The molecule has 1 saturated heterocycles. The second-order valence-corrected chi connectivity index (χ2v) is 8.50. The summed E-state index contributed by atoms with van der Waals surface area (Å²) in [5.74, 6) is 1.97. The lowest BCUT2D eigenvalue weighted by Crippen LogP contribution is -2.25. The number of benzene rings is 3. The van der Waals surface area contributed by atoms with E-state index < -0.39 is 0 Å². The van der Waals surface area contributed by atoms with Gasteiger partial charge in [-0.15, -0.1) is 5.10 Å². The minimum Gasteiger partial charge on any atom is -0.492 e. The van der Waals surface area contributed by atoms with E-state index in [-0.39, 0.29) is 17.8 Å². The van der Waals surface area contributed by atoms with Crippen molar-refractivity contribution < 1.29 is 14.3 Å². The van der Waals surface area contributed by atoms with Gasteiger partial charge in [-0.25, -0.2) is 0 Å². The molecule has 2 heterocycles. The number of anilines is 3. The number of nitrogen functional groups attached to an aromatic ring is 1. The molecular formula is C27H28N6O3. The molecule has 3 aromatic carbocycles. The van der Waals surface area contributed by atoms with E-state index in [1.54, 1.807) is 24.3 Å². The molecule has 1 fully saturated rings. The molecule has 5 rings (SSSR count). The summed E-state index contributed by atoms with van der Waals surface area (Å²) >= 11 is 0. The van der Waals surface area contributed by atoms with Crippen molar-refractivity contribution >= 4 is 23.5 Å². The smallest absolute Gasteiger partial charge is 0.281 e. The number of rotatable bonds is 9. The Morgan fingerprint density at radius 3 is 2.28 bits per heavy atom. The molecular weight excluding hydrogens is 456 g/mol. The molecule has 36 heavy (non-hydrogen) atoms. The number of para-hydroxylation sites is 1. The maximum absolute atomic E-state index is 12.9. The minimum absolute atomic E-state index is 0.00558. The van der Waals surface area contributed by atoms with E-state index in [1.165, 1.54) is 12.8 Å². The zero-order chi connectivity index (χ0) is 24.7. The quantitative estimate of drug-likeness (QED) is 0.356. The van der Waals surface area contributed by atoms with Crippen LogP contribution in [-0.2, 0) is 0 Å². The van der Waals surface area contributed by atoms with Gasteiger partial charge >= 0.3 is 0 Å². The maximum atomic E-state index is 12.9. The molecule has 0 bridgehead atoms. The zero-order valence-electron chi connectivity index (χ0n) is 19.8. The SMILES string of the molecule is Nc1nc(Nc2ccc(OCCN3CCCC3)cc2)nn1C(=O)c1ccc(Oc2ccccc2)cc1. The highest BCUT2D eigenvalue weighted by atomic mass is 16.5. The molecule has 0 aliphatic carbocycles. The van der Waals surface area contributed by atoms with Gasteiger partial charge in [0.05, 0.1) is 0 Å². The van der Waals surface area contributed by atoms with E-state index in [0.717, 1.165) is 41.5 Å². The third-order valence-electron chi connectivity index (χ3n) is 5.89. The third-order valence-corrected chi connectivity index (χ3v) is 5.89. The Morgan fingerprint density at radius 2 is 1.56 bits per heavy atom. The highest BCUT2D eigenvalue weighted by molar-refractivity contribution is 5.97. The van der Waals surface area contributed by atoms with Crippen LogP contribution in [0.2, 0.25) is 0 Å². The Hall–Kier alpha value is -4.37. The molecule has 0 spiro atoms. The van der Waals surface area contributed by atoms with Crippen LogP contribution in [0.5, 0.6) is 17.2 Å². The lowest BCUT2D eigenvalue weighted by molar-refractivity contribution is 0.0948. The van der Waals surface area contributed by atoms with Gasteiger partial charge in [-0.2, -0.15) is 9.67 Å². The summed E-state index contributed by atoms with van der Waals surface area (Å²) in [6.07, 6.45) is 2.55. The van der Waals surface area contributed by atoms with Crippen molar-refractivity contribution in [2.45, 2.75) is 12.8 Å². The number of hydrogen-bond donors (Lipinski definition) is 2. The van der Waals surface area contributed by atoms with Crippen LogP contribution in [0.25, 0.3) is 0 Å². The molecule has 0 saturated carbocycles. The van der Waals surface area contributed by atoms with Crippen molar-refractivity contribution in [3.8, 4) is 17.2 Å². The van der Waals surface area contributed by atoms with E-state index in [4.69, 9.17) is 15.2 Å². The van der Waals surface area contributed by atoms with Crippen LogP contribution in [0.1, 0.15) is 23.2 Å². The molecule has 0 atom stereocenters. The van der Waals surface area contributed by atoms with Gasteiger partial charge in [0.15, 0.2) is 0 Å². The number of aromatic nitrogens is 3. The molecule has 3 N–H and O–H groups in total. The monoisotopic (exact) mass is 484 g/mol. The van der Waals surface area contributed by atoms with Gasteiger partial charge in [-0.05, 0) is 86.6 Å². The Kier molecular flexibility index (Phi) is 7.09. The molecule has 1 aliphatic heterocycles. The van der Waals surface area contributed by atoms with E-state index in [1.807, 2.05) is 54.6 Å². The number of ether oxygens (including phenoxy) is 2. The first-order valence-corrected chi connectivity index (χ1v) is 12.0. The first kappa shape index (κ1) is 23.4. The molecule has 1 aromatic heterocycles. The van der Waals surface area contributed by atoms with Gasteiger partial charge in [0, 0.05) is 17.8 Å². The first-order valence-electron chi connectivity index (χ1n) is 12.0. The van der Waals surface area contributed by atoms with Crippen molar-refractivity contribution in [1.82, 2.24) is 19.7 Å². The number of likely N-dealkylation sites (tertiary alicyclic amines) is 1. The summed E-state index contributed by atoms with van der Waals surface area (Å²) in [6.45, 7) is 3.92. The Morgan fingerprint density at radius 1 is 0.889 bits per heavy atom. The zero-order valence-corrected chi connectivity index (χ0v) is 19.8. The molecule has 184 valence electrons. The minimum atomic E-state index is -0.388. The van der Waals surface area contributed by atoms with Gasteiger partial charge in [0.25, 0.3) is 5.91 Å². The summed E-state index contributed by atoms with van der Waals surface area (Å²) in [7, 11) is 0. The summed E-state index contributed by atoms with van der Waals surface area (Å²) < 4.78 is 12.7. The summed E-state index contributed by atoms with van der Waals surface area (Å²) in [6, 6.07) is 23.7. The molecule has 0 amide bonds. The molecule has 1 aliphatic rings. The van der Waals surface area contributed by atoms with Gasteiger partial charge in [0.2, 0.25) is 11.9 Å². The van der Waals surface area contributed by atoms with Crippen molar-refractivity contribution in [2.75, 3.05) is 37.3 Å². The highest BCUT2D eigenvalue weighted by Crippen LogP contribution is 2.23. The molecule has 9 nitrogen and oxygen atoms in total. The number of hydrogen-bond acceptors (Lipinski definition) is 8. The van der Waals surface area contributed by atoms with Crippen LogP contribution in [0.3, 0.4) is 0 Å². The topological polar surface area (TPSA) is 108 Å². The van der Waals surface area contributed by atoms with Crippen LogP contribution < -0.4 is 20.5 Å². The van der Waals surface area contributed by atoms with E-state index in [9.17, 15) is 4.79 Å². The van der Waals surface area contributed by atoms with Crippen LogP contribution in [0.15, 0.2) is 78.9 Å². The fourth-order valence-corrected chi connectivity index (χ4v) is 4.00. The van der Waals surface area contributed by atoms with Gasteiger partial charge < -0.3 is 20.5 Å². The Balaban J connectivity index is 1.17. The number of carbonyl (C=O) groups is 1. The van der Waals surface area contributed by atoms with Crippen molar-refractivity contribution in [2.24, 2.45) is 0 Å². The van der Waals surface area contributed by atoms with Gasteiger partial charge in [-0.3, -0.25) is 9.69 Å².